The molecule has 0 spiro atoms. The van der Waals surface area contributed by atoms with E-state index < -0.39 is 0 Å². The zero-order valence-electron chi connectivity index (χ0n) is 21.4. The molecule has 1 heterocycles. The number of hydrogen-bond acceptors (Lipinski definition) is 2. The van der Waals surface area contributed by atoms with E-state index in [9.17, 15) is 0 Å². The molecule has 0 unspecified atom stereocenters. The molecule has 1 saturated heterocycles. The van der Waals surface area contributed by atoms with Crippen LogP contribution in [0.15, 0.2) is 30.3 Å². The molecule has 2 heteroatoms. The van der Waals surface area contributed by atoms with E-state index in [0.717, 1.165) is 12.5 Å². The Morgan fingerprint density at radius 1 is 0.839 bits per heavy atom. The van der Waals surface area contributed by atoms with Crippen LogP contribution in [0.1, 0.15) is 103 Å². The van der Waals surface area contributed by atoms with Crippen LogP contribution in [0.3, 0.4) is 0 Å². The number of rotatable bonds is 16. The van der Waals surface area contributed by atoms with Gasteiger partial charge in [0, 0.05) is 13.1 Å². The van der Waals surface area contributed by atoms with Gasteiger partial charge in [0.15, 0.2) is 0 Å². The highest BCUT2D eigenvalue weighted by atomic mass is 15.1. The lowest BCUT2D eigenvalue weighted by Gasteiger charge is -2.42. The van der Waals surface area contributed by atoms with Crippen LogP contribution in [-0.4, -0.2) is 43.0 Å². The third-order valence-corrected chi connectivity index (χ3v) is 7.49. The van der Waals surface area contributed by atoms with Gasteiger partial charge in [-0.15, -0.1) is 0 Å². The molecule has 178 valence electrons. The summed E-state index contributed by atoms with van der Waals surface area (Å²) in [6.45, 7) is 13.5. The summed E-state index contributed by atoms with van der Waals surface area (Å²) in [5.74, 6) is 0.856. The Kier molecular flexibility index (Phi) is 12.8. The SMILES string of the molecule is CCCCCCCCCCCCN1CCC(C(C)(C)CN(C)Cc2ccccc2)CC1. The van der Waals surface area contributed by atoms with Crippen molar-refractivity contribution in [3.63, 3.8) is 0 Å². The van der Waals surface area contributed by atoms with Crippen molar-refractivity contribution < 1.29 is 0 Å². The fourth-order valence-corrected chi connectivity index (χ4v) is 5.54. The summed E-state index contributed by atoms with van der Waals surface area (Å²) in [5, 5.41) is 0. The highest BCUT2D eigenvalue weighted by molar-refractivity contribution is 5.14. The quantitative estimate of drug-likeness (QED) is 0.248. The summed E-state index contributed by atoms with van der Waals surface area (Å²) >= 11 is 0. The Morgan fingerprint density at radius 3 is 1.97 bits per heavy atom. The van der Waals surface area contributed by atoms with Crippen molar-refractivity contribution in [3.8, 4) is 0 Å². The van der Waals surface area contributed by atoms with E-state index in [2.05, 4.69) is 68.0 Å². The van der Waals surface area contributed by atoms with E-state index in [1.54, 1.807) is 0 Å². The molecule has 0 N–H and O–H groups in total. The van der Waals surface area contributed by atoms with Gasteiger partial charge in [0.25, 0.3) is 0 Å². The lowest BCUT2D eigenvalue weighted by Crippen LogP contribution is -2.43. The molecule has 0 radical (unpaired) electrons. The van der Waals surface area contributed by atoms with Gasteiger partial charge >= 0.3 is 0 Å². The fraction of sp³-hybridized carbons (Fsp3) is 0.793. The van der Waals surface area contributed by atoms with Gasteiger partial charge in [0.2, 0.25) is 0 Å². The summed E-state index contributed by atoms with van der Waals surface area (Å²) in [6.07, 6.45) is 17.1. The second kappa shape index (κ2) is 15.1. The molecule has 1 aliphatic rings. The van der Waals surface area contributed by atoms with E-state index in [-0.39, 0.29) is 0 Å². The van der Waals surface area contributed by atoms with Gasteiger partial charge in [-0.2, -0.15) is 0 Å². The van der Waals surface area contributed by atoms with Gasteiger partial charge in [-0.3, -0.25) is 0 Å². The lowest BCUT2D eigenvalue weighted by molar-refractivity contribution is 0.0696. The second-order valence-electron chi connectivity index (χ2n) is 10.9. The van der Waals surface area contributed by atoms with Crippen LogP contribution in [-0.2, 0) is 6.54 Å². The average molecular weight is 429 g/mol. The van der Waals surface area contributed by atoms with Crippen molar-refractivity contribution in [2.75, 3.05) is 33.2 Å². The first kappa shape index (κ1) is 26.4. The van der Waals surface area contributed by atoms with E-state index in [4.69, 9.17) is 0 Å². The van der Waals surface area contributed by atoms with Gasteiger partial charge in [-0.25, -0.2) is 0 Å². The first-order chi connectivity index (χ1) is 15.0. The monoisotopic (exact) mass is 428 g/mol. The van der Waals surface area contributed by atoms with Gasteiger partial charge in [0.05, 0.1) is 0 Å². The number of hydrogen-bond donors (Lipinski definition) is 0. The zero-order valence-corrected chi connectivity index (χ0v) is 21.4. The van der Waals surface area contributed by atoms with Gasteiger partial charge in [-0.1, -0.05) is 109 Å². The Bertz CT molecular complexity index is 545. The van der Waals surface area contributed by atoms with Crippen LogP contribution in [0.5, 0.6) is 0 Å². The maximum Gasteiger partial charge on any atom is 0.0230 e. The number of piperidine rings is 1. The van der Waals surface area contributed by atoms with Crippen LogP contribution in [0.25, 0.3) is 0 Å². The standard InChI is InChI=1S/C29H52N2/c1-5-6-7-8-9-10-11-12-13-17-22-31-23-20-28(21-24-31)29(2,3)26-30(4)25-27-18-15-14-16-19-27/h14-16,18-19,28H,5-13,17,20-26H2,1-4H3. The smallest absolute Gasteiger partial charge is 0.0230 e. The summed E-state index contributed by atoms with van der Waals surface area (Å²) in [6, 6.07) is 10.9. The van der Waals surface area contributed by atoms with Gasteiger partial charge < -0.3 is 9.80 Å². The van der Waals surface area contributed by atoms with Crippen LogP contribution in [0, 0.1) is 11.3 Å². The molecule has 1 aliphatic heterocycles. The van der Waals surface area contributed by atoms with Crippen molar-refractivity contribution in [1.29, 1.82) is 0 Å². The first-order valence-electron chi connectivity index (χ1n) is 13.5. The molecule has 0 saturated carbocycles. The minimum absolute atomic E-state index is 0.396. The Balaban J connectivity index is 1.53. The highest BCUT2D eigenvalue weighted by Crippen LogP contribution is 2.36. The predicted octanol–water partition coefficient (Wildman–Crippen LogP) is 7.78. The molecule has 0 atom stereocenters. The summed E-state index contributed by atoms with van der Waals surface area (Å²) in [7, 11) is 2.29. The van der Waals surface area contributed by atoms with Crippen molar-refractivity contribution in [2.24, 2.45) is 11.3 Å². The van der Waals surface area contributed by atoms with Gasteiger partial charge in [-0.05, 0) is 62.8 Å². The average Bonchev–Trinajstić information content (AvgIpc) is 2.75. The maximum atomic E-state index is 2.74. The minimum Gasteiger partial charge on any atom is -0.303 e. The van der Waals surface area contributed by atoms with Crippen molar-refractivity contribution in [1.82, 2.24) is 9.80 Å². The highest BCUT2D eigenvalue weighted by Gasteiger charge is 2.33. The van der Waals surface area contributed by atoms with E-state index in [1.807, 2.05) is 0 Å². The normalized spacial score (nSPS) is 16.3. The van der Waals surface area contributed by atoms with E-state index >= 15 is 0 Å². The van der Waals surface area contributed by atoms with Crippen LogP contribution >= 0.6 is 0 Å². The fourth-order valence-electron chi connectivity index (χ4n) is 5.54. The van der Waals surface area contributed by atoms with Crippen LogP contribution in [0.4, 0.5) is 0 Å². The van der Waals surface area contributed by atoms with Crippen molar-refractivity contribution >= 4 is 0 Å². The lowest BCUT2D eigenvalue weighted by atomic mass is 9.73. The Hall–Kier alpha value is -0.860. The summed E-state index contributed by atoms with van der Waals surface area (Å²) in [5.41, 5.74) is 1.82. The van der Waals surface area contributed by atoms with Crippen molar-refractivity contribution in [2.45, 2.75) is 104 Å². The molecular formula is C29H52N2. The zero-order chi connectivity index (χ0) is 22.4. The number of likely N-dealkylation sites (tertiary alicyclic amines) is 1. The molecule has 0 aliphatic carbocycles. The summed E-state index contributed by atoms with van der Waals surface area (Å²) in [4.78, 5) is 5.26. The van der Waals surface area contributed by atoms with E-state index in [0.29, 0.717) is 5.41 Å². The Morgan fingerprint density at radius 2 is 1.39 bits per heavy atom. The number of unbranched alkanes of at least 4 members (excludes halogenated alkanes) is 9. The maximum absolute atomic E-state index is 2.74. The molecule has 1 aromatic rings. The molecule has 0 amide bonds. The minimum atomic E-state index is 0.396. The van der Waals surface area contributed by atoms with Crippen LogP contribution < -0.4 is 0 Å². The Labute approximate surface area is 194 Å². The predicted molar refractivity (Wildman–Crippen MR) is 138 cm³/mol. The molecule has 1 aromatic carbocycles. The van der Waals surface area contributed by atoms with Crippen molar-refractivity contribution in [3.05, 3.63) is 35.9 Å². The third kappa shape index (κ3) is 11.0. The van der Waals surface area contributed by atoms with Gasteiger partial charge in [0.1, 0.15) is 0 Å². The molecule has 2 rings (SSSR count). The molecule has 31 heavy (non-hydrogen) atoms. The molecule has 2 nitrogen and oxygen atoms in total. The number of benzene rings is 1. The molecule has 1 fully saturated rings. The first-order valence-corrected chi connectivity index (χ1v) is 13.5. The molecule has 0 aromatic heterocycles. The largest absolute Gasteiger partial charge is 0.303 e. The number of nitrogens with zero attached hydrogens (tertiary/aromatic N) is 2. The van der Waals surface area contributed by atoms with E-state index in [1.165, 1.54) is 109 Å². The third-order valence-electron chi connectivity index (χ3n) is 7.49. The second-order valence-corrected chi connectivity index (χ2v) is 10.9. The topological polar surface area (TPSA) is 6.48 Å². The molecular weight excluding hydrogens is 376 g/mol. The molecule has 0 bridgehead atoms. The summed E-state index contributed by atoms with van der Waals surface area (Å²) < 4.78 is 0. The van der Waals surface area contributed by atoms with Crippen LogP contribution in [0.2, 0.25) is 0 Å².